The van der Waals surface area contributed by atoms with Gasteiger partial charge in [0.2, 0.25) is 5.91 Å². The summed E-state index contributed by atoms with van der Waals surface area (Å²) in [5.74, 6) is 0.310. The summed E-state index contributed by atoms with van der Waals surface area (Å²) < 4.78 is 5.24. The highest BCUT2D eigenvalue weighted by Gasteiger charge is 2.15. The first kappa shape index (κ1) is 15.2. The molecule has 1 aliphatic rings. The second-order valence-electron chi connectivity index (χ2n) is 4.94. The predicted octanol–water partition coefficient (Wildman–Crippen LogP) is 3.15. The van der Waals surface area contributed by atoms with Gasteiger partial charge in [0, 0.05) is 19.5 Å². The molecule has 0 aromatic heterocycles. The monoisotopic (exact) mass is 253 g/mol. The third kappa shape index (κ3) is 6.80. The van der Waals surface area contributed by atoms with Crippen molar-refractivity contribution in [1.82, 2.24) is 4.90 Å². The molecule has 1 amide bonds. The summed E-state index contributed by atoms with van der Waals surface area (Å²) in [5.41, 5.74) is 0. The Labute approximate surface area is 111 Å². The van der Waals surface area contributed by atoms with Crippen molar-refractivity contribution in [1.29, 1.82) is 0 Å². The summed E-state index contributed by atoms with van der Waals surface area (Å²) in [6, 6.07) is 0. The van der Waals surface area contributed by atoms with Crippen LogP contribution in [0.5, 0.6) is 0 Å². The van der Waals surface area contributed by atoms with Crippen molar-refractivity contribution in [2.24, 2.45) is 0 Å². The highest BCUT2D eigenvalue weighted by atomic mass is 16.5. The SMILES string of the molecule is C=CCCCCCCCCC(=O)N1CCOCC1. The number of allylic oxidation sites excluding steroid dienone is 1. The van der Waals surface area contributed by atoms with Gasteiger partial charge in [-0.25, -0.2) is 0 Å². The lowest BCUT2D eigenvalue weighted by Gasteiger charge is -2.26. The Morgan fingerprint density at radius 3 is 2.33 bits per heavy atom. The van der Waals surface area contributed by atoms with E-state index < -0.39 is 0 Å². The van der Waals surface area contributed by atoms with Crippen molar-refractivity contribution >= 4 is 5.91 Å². The maximum atomic E-state index is 11.8. The van der Waals surface area contributed by atoms with Crippen molar-refractivity contribution in [3.8, 4) is 0 Å². The van der Waals surface area contributed by atoms with E-state index >= 15 is 0 Å². The van der Waals surface area contributed by atoms with Crippen LogP contribution in [0.4, 0.5) is 0 Å². The number of carbonyl (C=O) groups excluding carboxylic acids is 1. The first-order valence-corrected chi connectivity index (χ1v) is 7.31. The third-order valence-corrected chi connectivity index (χ3v) is 3.41. The van der Waals surface area contributed by atoms with E-state index in [9.17, 15) is 4.79 Å². The van der Waals surface area contributed by atoms with Crippen LogP contribution >= 0.6 is 0 Å². The molecule has 1 saturated heterocycles. The first-order valence-electron chi connectivity index (χ1n) is 7.31. The van der Waals surface area contributed by atoms with Crippen LogP contribution in [-0.2, 0) is 9.53 Å². The third-order valence-electron chi connectivity index (χ3n) is 3.41. The Morgan fingerprint density at radius 1 is 1.06 bits per heavy atom. The van der Waals surface area contributed by atoms with Crippen molar-refractivity contribution in [2.75, 3.05) is 26.3 Å². The van der Waals surface area contributed by atoms with Gasteiger partial charge in [-0.1, -0.05) is 31.8 Å². The molecule has 3 nitrogen and oxygen atoms in total. The van der Waals surface area contributed by atoms with Crippen LogP contribution < -0.4 is 0 Å². The van der Waals surface area contributed by atoms with Gasteiger partial charge in [0.15, 0.2) is 0 Å². The van der Waals surface area contributed by atoms with Gasteiger partial charge in [-0.05, 0) is 19.3 Å². The summed E-state index contributed by atoms with van der Waals surface area (Å²) >= 11 is 0. The van der Waals surface area contributed by atoms with Gasteiger partial charge >= 0.3 is 0 Å². The second kappa shape index (κ2) is 10.1. The maximum Gasteiger partial charge on any atom is 0.222 e. The molecule has 1 rings (SSSR count). The molecule has 0 radical (unpaired) electrons. The molecule has 1 heterocycles. The van der Waals surface area contributed by atoms with Crippen molar-refractivity contribution in [3.63, 3.8) is 0 Å². The molecule has 0 aromatic carbocycles. The van der Waals surface area contributed by atoms with Crippen LogP contribution in [-0.4, -0.2) is 37.1 Å². The molecular formula is C15H27NO2. The van der Waals surface area contributed by atoms with Gasteiger partial charge in [-0.3, -0.25) is 4.79 Å². The molecule has 104 valence electrons. The molecule has 0 saturated carbocycles. The Hall–Kier alpha value is -0.830. The van der Waals surface area contributed by atoms with E-state index in [4.69, 9.17) is 4.74 Å². The number of hydrogen-bond donors (Lipinski definition) is 0. The maximum absolute atomic E-state index is 11.8. The van der Waals surface area contributed by atoms with Gasteiger partial charge in [0.1, 0.15) is 0 Å². The van der Waals surface area contributed by atoms with Crippen LogP contribution in [0.3, 0.4) is 0 Å². The van der Waals surface area contributed by atoms with Gasteiger partial charge in [-0.15, -0.1) is 6.58 Å². The van der Waals surface area contributed by atoms with Crippen LogP contribution in [0.15, 0.2) is 12.7 Å². The van der Waals surface area contributed by atoms with Crippen molar-refractivity contribution in [2.45, 2.75) is 51.4 Å². The standard InChI is InChI=1S/C15H27NO2/c1-2-3-4-5-6-7-8-9-10-15(17)16-11-13-18-14-12-16/h2H,1,3-14H2. The summed E-state index contributed by atoms with van der Waals surface area (Å²) in [6.45, 7) is 6.68. The number of unbranched alkanes of at least 4 members (excludes halogenated alkanes) is 6. The zero-order chi connectivity index (χ0) is 13.1. The van der Waals surface area contributed by atoms with Gasteiger partial charge < -0.3 is 9.64 Å². The number of amides is 1. The molecule has 0 aliphatic carbocycles. The van der Waals surface area contributed by atoms with Crippen LogP contribution in [0.25, 0.3) is 0 Å². The number of hydrogen-bond acceptors (Lipinski definition) is 2. The minimum absolute atomic E-state index is 0.310. The van der Waals surface area contributed by atoms with Crippen LogP contribution in [0.2, 0.25) is 0 Å². The molecule has 18 heavy (non-hydrogen) atoms. The largest absolute Gasteiger partial charge is 0.378 e. The normalized spacial score (nSPS) is 15.7. The zero-order valence-corrected chi connectivity index (χ0v) is 11.5. The number of morpholine rings is 1. The van der Waals surface area contributed by atoms with E-state index in [2.05, 4.69) is 6.58 Å². The highest BCUT2D eigenvalue weighted by molar-refractivity contribution is 5.76. The Morgan fingerprint density at radius 2 is 1.67 bits per heavy atom. The molecule has 1 fully saturated rings. The predicted molar refractivity (Wildman–Crippen MR) is 74.5 cm³/mol. The molecule has 3 heteroatoms. The number of carbonyl (C=O) groups is 1. The fourth-order valence-electron chi connectivity index (χ4n) is 2.24. The van der Waals surface area contributed by atoms with Crippen LogP contribution in [0, 0.1) is 0 Å². The van der Waals surface area contributed by atoms with E-state index in [1.807, 2.05) is 11.0 Å². The van der Waals surface area contributed by atoms with Gasteiger partial charge in [-0.2, -0.15) is 0 Å². The summed E-state index contributed by atoms with van der Waals surface area (Å²) in [5, 5.41) is 0. The van der Waals surface area contributed by atoms with E-state index in [-0.39, 0.29) is 0 Å². The van der Waals surface area contributed by atoms with E-state index in [0.717, 1.165) is 25.9 Å². The highest BCUT2D eigenvalue weighted by Crippen LogP contribution is 2.10. The summed E-state index contributed by atoms with van der Waals surface area (Å²) in [7, 11) is 0. The average molecular weight is 253 g/mol. The smallest absolute Gasteiger partial charge is 0.222 e. The van der Waals surface area contributed by atoms with E-state index in [1.54, 1.807) is 0 Å². The van der Waals surface area contributed by atoms with E-state index in [1.165, 1.54) is 32.1 Å². The Kier molecular flexibility index (Phi) is 8.57. The molecular weight excluding hydrogens is 226 g/mol. The molecule has 1 aliphatic heterocycles. The van der Waals surface area contributed by atoms with E-state index in [0.29, 0.717) is 25.5 Å². The summed E-state index contributed by atoms with van der Waals surface area (Å²) in [6.07, 6.45) is 11.2. The second-order valence-corrected chi connectivity index (χ2v) is 4.94. The fraction of sp³-hybridized carbons (Fsp3) is 0.800. The van der Waals surface area contributed by atoms with Crippen molar-refractivity contribution < 1.29 is 9.53 Å². The van der Waals surface area contributed by atoms with Crippen molar-refractivity contribution in [3.05, 3.63) is 12.7 Å². The lowest BCUT2D eigenvalue weighted by atomic mass is 10.1. The quantitative estimate of drug-likeness (QED) is 0.466. The number of rotatable bonds is 9. The minimum atomic E-state index is 0.310. The number of nitrogens with zero attached hydrogens (tertiary/aromatic N) is 1. The molecule has 0 aromatic rings. The molecule has 0 atom stereocenters. The topological polar surface area (TPSA) is 29.5 Å². The average Bonchev–Trinajstić information content (AvgIpc) is 2.42. The van der Waals surface area contributed by atoms with Crippen LogP contribution in [0.1, 0.15) is 51.4 Å². The fourth-order valence-corrected chi connectivity index (χ4v) is 2.24. The lowest BCUT2D eigenvalue weighted by molar-refractivity contribution is -0.135. The first-order chi connectivity index (χ1) is 8.84. The number of ether oxygens (including phenoxy) is 1. The zero-order valence-electron chi connectivity index (χ0n) is 11.5. The summed E-state index contributed by atoms with van der Waals surface area (Å²) in [4.78, 5) is 13.8. The molecule has 0 unspecified atom stereocenters. The Bertz CT molecular complexity index is 235. The molecule has 0 N–H and O–H groups in total. The Balaban J connectivity index is 1.90. The molecule has 0 spiro atoms. The van der Waals surface area contributed by atoms with Gasteiger partial charge in [0.25, 0.3) is 0 Å². The molecule has 0 bridgehead atoms. The lowest BCUT2D eigenvalue weighted by Crippen LogP contribution is -2.40. The van der Waals surface area contributed by atoms with Gasteiger partial charge in [0.05, 0.1) is 13.2 Å². The minimum Gasteiger partial charge on any atom is -0.378 e.